The molecule has 0 saturated heterocycles. The fourth-order valence-electron chi connectivity index (χ4n) is 2.11. The van der Waals surface area contributed by atoms with E-state index in [4.69, 9.17) is 16.3 Å². The molecule has 0 aliphatic carbocycles. The van der Waals surface area contributed by atoms with Crippen LogP contribution in [0.25, 0.3) is 5.69 Å². The lowest BCUT2D eigenvalue weighted by Gasteiger charge is -2.13. The summed E-state index contributed by atoms with van der Waals surface area (Å²) in [4.78, 5) is 12.1. The Kier molecular flexibility index (Phi) is 4.59. The summed E-state index contributed by atoms with van der Waals surface area (Å²) in [6.45, 7) is 0.112. The Morgan fingerprint density at radius 2 is 2.08 bits per heavy atom. The van der Waals surface area contributed by atoms with Crippen LogP contribution in [0.5, 0.6) is 11.5 Å². The summed E-state index contributed by atoms with van der Waals surface area (Å²) in [6, 6.07) is 9.81. The second kappa shape index (κ2) is 6.66. The van der Waals surface area contributed by atoms with E-state index in [1.54, 1.807) is 24.3 Å². The molecule has 24 heavy (non-hydrogen) atoms. The molecule has 124 valence electrons. The quantitative estimate of drug-likeness (QED) is 0.714. The lowest BCUT2D eigenvalue weighted by atomic mass is 10.2. The van der Waals surface area contributed by atoms with Gasteiger partial charge in [-0.3, -0.25) is 0 Å². The Labute approximate surface area is 150 Å². The molecule has 0 bridgehead atoms. The number of phenols is 1. The second-order valence-electron chi connectivity index (χ2n) is 4.94. The Morgan fingerprint density at radius 3 is 2.75 bits per heavy atom. The normalized spacial score (nSPS) is 10.8. The maximum absolute atomic E-state index is 12.1. The van der Waals surface area contributed by atoms with Crippen LogP contribution in [0, 0.1) is 0 Å². The van der Waals surface area contributed by atoms with Crippen LogP contribution in [0.2, 0.25) is 5.02 Å². The SMILES string of the molecule is Cn1nnn(-c2cccc(Cl)c2COc2ccc(O)cc2Br)c1=O. The molecule has 0 aliphatic heterocycles. The number of nitrogens with zero attached hydrogens (tertiary/aromatic N) is 4. The first-order valence-electron chi connectivity index (χ1n) is 6.85. The van der Waals surface area contributed by atoms with Crippen LogP contribution in [0.15, 0.2) is 45.7 Å². The van der Waals surface area contributed by atoms with Crippen molar-refractivity contribution >= 4 is 27.5 Å². The number of hydrogen-bond donors (Lipinski definition) is 1. The maximum Gasteiger partial charge on any atom is 0.368 e. The highest BCUT2D eigenvalue weighted by atomic mass is 79.9. The number of benzene rings is 2. The Morgan fingerprint density at radius 1 is 1.29 bits per heavy atom. The van der Waals surface area contributed by atoms with Crippen molar-refractivity contribution in [3.8, 4) is 17.2 Å². The van der Waals surface area contributed by atoms with Crippen LogP contribution >= 0.6 is 27.5 Å². The molecule has 0 amide bonds. The van der Waals surface area contributed by atoms with Crippen molar-refractivity contribution in [2.75, 3.05) is 0 Å². The monoisotopic (exact) mass is 410 g/mol. The highest BCUT2D eigenvalue weighted by Crippen LogP contribution is 2.30. The van der Waals surface area contributed by atoms with E-state index in [0.717, 1.165) is 9.36 Å². The van der Waals surface area contributed by atoms with Gasteiger partial charge in [-0.05, 0) is 56.7 Å². The number of tetrazole rings is 1. The van der Waals surface area contributed by atoms with Crippen molar-refractivity contribution in [1.82, 2.24) is 19.8 Å². The summed E-state index contributed by atoms with van der Waals surface area (Å²) < 4.78 is 8.65. The largest absolute Gasteiger partial charge is 0.508 e. The molecule has 0 spiro atoms. The molecule has 9 heteroatoms. The van der Waals surface area contributed by atoms with Gasteiger partial charge in [0.1, 0.15) is 18.1 Å². The van der Waals surface area contributed by atoms with Crippen molar-refractivity contribution in [3.63, 3.8) is 0 Å². The van der Waals surface area contributed by atoms with E-state index < -0.39 is 0 Å². The highest BCUT2D eigenvalue weighted by Gasteiger charge is 2.15. The molecule has 3 rings (SSSR count). The number of aryl methyl sites for hydroxylation is 1. The summed E-state index contributed by atoms with van der Waals surface area (Å²) in [7, 11) is 1.51. The number of phenolic OH excluding ortho intramolecular Hbond substituents is 1. The minimum atomic E-state index is -0.385. The molecule has 0 radical (unpaired) electrons. The molecule has 1 heterocycles. The van der Waals surface area contributed by atoms with Crippen LogP contribution in [0.1, 0.15) is 5.56 Å². The van der Waals surface area contributed by atoms with Gasteiger partial charge < -0.3 is 9.84 Å². The van der Waals surface area contributed by atoms with Gasteiger partial charge >= 0.3 is 5.69 Å². The third kappa shape index (κ3) is 3.15. The molecule has 0 unspecified atom stereocenters. The number of aromatic hydroxyl groups is 1. The van der Waals surface area contributed by atoms with Gasteiger partial charge in [-0.2, -0.15) is 9.36 Å². The van der Waals surface area contributed by atoms with Gasteiger partial charge in [0.15, 0.2) is 0 Å². The van der Waals surface area contributed by atoms with Gasteiger partial charge in [0, 0.05) is 17.6 Å². The second-order valence-corrected chi connectivity index (χ2v) is 6.20. The Hall–Kier alpha value is -2.32. The lowest BCUT2D eigenvalue weighted by Crippen LogP contribution is -2.23. The number of ether oxygens (including phenoxy) is 1. The lowest BCUT2D eigenvalue weighted by molar-refractivity contribution is 0.303. The summed E-state index contributed by atoms with van der Waals surface area (Å²) in [5.41, 5.74) is 0.710. The number of rotatable bonds is 4. The van der Waals surface area contributed by atoms with Crippen LogP contribution in [-0.4, -0.2) is 24.9 Å². The third-order valence-electron chi connectivity index (χ3n) is 3.33. The van der Waals surface area contributed by atoms with Crippen LogP contribution in [0.3, 0.4) is 0 Å². The molecule has 1 aromatic heterocycles. The molecular formula is C15H12BrClN4O3. The predicted octanol–water partition coefficient (Wildman–Crippen LogP) is 2.67. The van der Waals surface area contributed by atoms with E-state index >= 15 is 0 Å². The average molecular weight is 412 g/mol. The van der Waals surface area contributed by atoms with Gasteiger partial charge in [-0.15, -0.1) is 0 Å². The molecule has 0 aliphatic rings. The van der Waals surface area contributed by atoms with Crippen molar-refractivity contribution < 1.29 is 9.84 Å². The standard InChI is InChI=1S/C15H12BrClN4O3/c1-20-15(23)21(19-18-20)13-4-2-3-12(17)10(13)8-24-14-6-5-9(22)7-11(14)16/h2-7,22H,8H2,1H3. The summed E-state index contributed by atoms with van der Waals surface area (Å²) >= 11 is 9.59. The molecule has 0 saturated carbocycles. The fourth-order valence-corrected chi connectivity index (χ4v) is 2.82. The van der Waals surface area contributed by atoms with Gasteiger partial charge in [-0.1, -0.05) is 17.7 Å². The molecule has 2 aromatic carbocycles. The molecule has 1 N–H and O–H groups in total. The summed E-state index contributed by atoms with van der Waals surface area (Å²) in [5, 5.41) is 17.4. The topological polar surface area (TPSA) is 82.2 Å². The number of halogens is 2. The zero-order valence-corrected chi connectivity index (χ0v) is 14.8. The van der Waals surface area contributed by atoms with E-state index in [2.05, 4.69) is 26.4 Å². The first-order valence-corrected chi connectivity index (χ1v) is 8.02. The van der Waals surface area contributed by atoms with Gasteiger partial charge in [0.25, 0.3) is 0 Å². The van der Waals surface area contributed by atoms with Gasteiger partial charge in [-0.25, -0.2) is 4.79 Å². The van der Waals surface area contributed by atoms with Crippen molar-refractivity contribution in [3.05, 3.63) is 61.9 Å². The van der Waals surface area contributed by atoms with E-state index in [1.165, 1.54) is 19.2 Å². The number of hydrogen-bond acceptors (Lipinski definition) is 5. The minimum absolute atomic E-state index is 0.112. The summed E-state index contributed by atoms with van der Waals surface area (Å²) in [5.74, 6) is 0.656. The smallest absolute Gasteiger partial charge is 0.368 e. The van der Waals surface area contributed by atoms with E-state index in [1.807, 2.05) is 0 Å². The first-order chi connectivity index (χ1) is 11.5. The average Bonchev–Trinajstić information content (AvgIpc) is 2.87. The fraction of sp³-hybridized carbons (Fsp3) is 0.133. The van der Waals surface area contributed by atoms with Crippen LogP contribution in [-0.2, 0) is 13.7 Å². The molecule has 7 nitrogen and oxygen atoms in total. The number of aromatic nitrogens is 4. The maximum atomic E-state index is 12.1. The molecule has 0 fully saturated rings. The minimum Gasteiger partial charge on any atom is -0.508 e. The van der Waals surface area contributed by atoms with E-state index in [-0.39, 0.29) is 18.0 Å². The van der Waals surface area contributed by atoms with Crippen molar-refractivity contribution in [2.24, 2.45) is 7.05 Å². The summed E-state index contributed by atoms with van der Waals surface area (Å²) in [6.07, 6.45) is 0. The molecule has 0 atom stereocenters. The molecule has 3 aromatic rings. The Balaban J connectivity index is 1.96. The van der Waals surface area contributed by atoms with Crippen molar-refractivity contribution in [1.29, 1.82) is 0 Å². The Bertz CT molecular complexity index is 954. The van der Waals surface area contributed by atoms with Crippen LogP contribution < -0.4 is 10.4 Å². The predicted molar refractivity (Wildman–Crippen MR) is 91.7 cm³/mol. The van der Waals surface area contributed by atoms with Crippen LogP contribution in [0.4, 0.5) is 0 Å². The third-order valence-corrected chi connectivity index (χ3v) is 4.31. The molecular weight excluding hydrogens is 400 g/mol. The highest BCUT2D eigenvalue weighted by molar-refractivity contribution is 9.10. The van der Waals surface area contributed by atoms with Crippen molar-refractivity contribution in [2.45, 2.75) is 6.61 Å². The first kappa shape index (κ1) is 16.5. The van der Waals surface area contributed by atoms with Gasteiger partial charge in [0.05, 0.1) is 10.2 Å². The van der Waals surface area contributed by atoms with Gasteiger partial charge in [0.2, 0.25) is 0 Å². The zero-order valence-electron chi connectivity index (χ0n) is 12.5. The van der Waals surface area contributed by atoms with E-state index in [0.29, 0.717) is 26.5 Å². The zero-order chi connectivity index (χ0) is 17.3. The van der Waals surface area contributed by atoms with E-state index in [9.17, 15) is 9.90 Å².